The Bertz CT molecular complexity index is 1260. The van der Waals surface area contributed by atoms with Crippen molar-refractivity contribution in [1.29, 1.82) is 0 Å². The van der Waals surface area contributed by atoms with Crippen LogP contribution in [0.3, 0.4) is 0 Å². The summed E-state index contributed by atoms with van der Waals surface area (Å²) in [7, 11) is 0. The van der Waals surface area contributed by atoms with Crippen LogP contribution in [-0.2, 0) is 22.5 Å². The van der Waals surface area contributed by atoms with Crippen molar-refractivity contribution >= 4 is 34.8 Å². The average molecular weight is 520 g/mol. The molecule has 2 aliphatic rings. The van der Waals surface area contributed by atoms with Crippen LogP contribution in [-0.4, -0.2) is 44.2 Å². The van der Waals surface area contributed by atoms with Crippen molar-refractivity contribution < 1.29 is 19.1 Å². The van der Waals surface area contributed by atoms with Crippen molar-refractivity contribution in [3.8, 4) is 5.75 Å². The van der Waals surface area contributed by atoms with E-state index in [2.05, 4.69) is 33.7 Å². The zero-order chi connectivity index (χ0) is 25.6. The number of nitrogens with zero attached hydrogens (tertiary/aromatic N) is 1. The van der Waals surface area contributed by atoms with E-state index in [9.17, 15) is 9.59 Å². The van der Waals surface area contributed by atoms with Gasteiger partial charge in [0.1, 0.15) is 5.75 Å². The summed E-state index contributed by atoms with van der Waals surface area (Å²) < 4.78 is 11.2. The monoisotopic (exact) mass is 519 g/mol. The SMILES string of the molecule is O=C(COc1ccc(Cl)cc1)Nc1ccc(N2CCc3ccccc3C2)c(C(=O)NCC2CCCO2)c1. The predicted molar refractivity (Wildman–Crippen MR) is 145 cm³/mol. The van der Waals surface area contributed by atoms with Gasteiger partial charge in [0.05, 0.1) is 11.7 Å². The third kappa shape index (κ3) is 6.42. The van der Waals surface area contributed by atoms with Crippen LogP contribution in [0, 0.1) is 0 Å². The Morgan fingerprint density at radius 3 is 2.65 bits per heavy atom. The van der Waals surface area contributed by atoms with Crippen molar-refractivity contribution in [2.45, 2.75) is 31.9 Å². The van der Waals surface area contributed by atoms with Crippen molar-refractivity contribution in [1.82, 2.24) is 5.32 Å². The maximum Gasteiger partial charge on any atom is 0.262 e. The first-order valence-electron chi connectivity index (χ1n) is 12.6. The van der Waals surface area contributed by atoms with Gasteiger partial charge in [-0.3, -0.25) is 9.59 Å². The first-order valence-corrected chi connectivity index (χ1v) is 13.0. The highest BCUT2D eigenvalue weighted by atomic mass is 35.5. The van der Waals surface area contributed by atoms with Gasteiger partial charge < -0.3 is 25.0 Å². The van der Waals surface area contributed by atoms with E-state index in [4.69, 9.17) is 21.1 Å². The number of carbonyl (C=O) groups excluding carboxylic acids is 2. The number of anilines is 2. The third-order valence-corrected chi connectivity index (χ3v) is 6.95. The molecule has 0 aromatic heterocycles. The minimum Gasteiger partial charge on any atom is -0.484 e. The lowest BCUT2D eigenvalue weighted by Gasteiger charge is -2.32. The molecule has 2 aliphatic heterocycles. The van der Waals surface area contributed by atoms with Crippen molar-refractivity contribution in [3.05, 3.63) is 88.4 Å². The van der Waals surface area contributed by atoms with Gasteiger partial charge in [-0.2, -0.15) is 0 Å². The highest BCUT2D eigenvalue weighted by Crippen LogP contribution is 2.30. The quantitative estimate of drug-likeness (QED) is 0.445. The smallest absolute Gasteiger partial charge is 0.262 e. The molecule has 1 atom stereocenters. The van der Waals surface area contributed by atoms with Gasteiger partial charge in [-0.25, -0.2) is 0 Å². The topological polar surface area (TPSA) is 79.9 Å². The molecular weight excluding hydrogens is 490 g/mol. The summed E-state index contributed by atoms with van der Waals surface area (Å²) in [5, 5.41) is 6.48. The van der Waals surface area contributed by atoms with E-state index in [0.29, 0.717) is 28.6 Å². The van der Waals surface area contributed by atoms with Gasteiger partial charge in [0.2, 0.25) is 0 Å². The number of ether oxygens (including phenoxy) is 2. The van der Waals surface area contributed by atoms with Crippen LogP contribution in [0.5, 0.6) is 5.75 Å². The summed E-state index contributed by atoms with van der Waals surface area (Å²) in [6, 6.07) is 20.7. The molecule has 37 heavy (non-hydrogen) atoms. The Hall–Kier alpha value is -3.55. The Morgan fingerprint density at radius 1 is 1.05 bits per heavy atom. The maximum absolute atomic E-state index is 13.3. The zero-order valence-corrected chi connectivity index (χ0v) is 21.3. The largest absolute Gasteiger partial charge is 0.484 e. The molecule has 2 heterocycles. The van der Waals surface area contributed by atoms with Gasteiger partial charge >= 0.3 is 0 Å². The van der Waals surface area contributed by atoms with E-state index >= 15 is 0 Å². The Balaban J connectivity index is 1.31. The number of hydrogen-bond acceptors (Lipinski definition) is 5. The summed E-state index contributed by atoms with van der Waals surface area (Å²) >= 11 is 5.90. The van der Waals surface area contributed by atoms with Crippen molar-refractivity contribution in [3.63, 3.8) is 0 Å². The van der Waals surface area contributed by atoms with Crippen LogP contribution < -0.4 is 20.3 Å². The zero-order valence-electron chi connectivity index (χ0n) is 20.5. The van der Waals surface area contributed by atoms with Crippen LogP contribution in [0.25, 0.3) is 0 Å². The number of fused-ring (bicyclic) bond motifs is 1. The summed E-state index contributed by atoms with van der Waals surface area (Å²) in [6.07, 6.45) is 2.91. The van der Waals surface area contributed by atoms with E-state index in [1.54, 1.807) is 30.3 Å². The maximum atomic E-state index is 13.3. The number of nitrogens with one attached hydrogen (secondary N) is 2. The number of rotatable bonds is 8. The van der Waals surface area contributed by atoms with Gasteiger partial charge in [0, 0.05) is 42.6 Å². The molecule has 1 fully saturated rings. The average Bonchev–Trinajstić information content (AvgIpc) is 3.45. The highest BCUT2D eigenvalue weighted by Gasteiger charge is 2.23. The molecule has 0 saturated carbocycles. The molecule has 192 valence electrons. The number of carbonyl (C=O) groups is 2. The lowest BCUT2D eigenvalue weighted by atomic mass is 9.98. The van der Waals surface area contributed by atoms with Gasteiger partial charge in [-0.1, -0.05) is 35.9 Å². The minimum absolute atomic E-state index is 0.0437. The first kappa shape index (κ1) is 25.1. The summed E-state index contributed by atoms with van der Waals surface area (Å²) in [6.45, 7) is 2.57. The third-order valence-electron chi connectivity index (χ3n) is 6.69. The highest BCUT2D eigenvalue weighted by molar-refractivity contribution is 6.30. The van der Waals surface area contributed by atoms with Crippen LogP contribution >= 0.6 is 11.6 Å². The molecule has 2 amide bonds. The van der Waals surface area contributed by atoms with Gasteiger partial charge in [0.15, 0.2) is 6.61 Å². The van der Waals surface area contributed by atoms with E-state index in [-0.39, 0.29) is 24.5 Å². The molecule has 0 radical (unpaired) electrons. The molecular formula is C29H30ClN3O4. The molecule has 1 unspecified atom stereocenters. The fourth-order valence-corrected chi connectivity index (χ4v) is 4.88. The second-order valence-corrected chi connectivity index (χ2v) is 9.74. The van der Waals surface area contributed by atoms with E-state index in [0.717, 1.165) is 44.6 Å². The Morgan fingerprint density at radius 2 is 1.86 bits per heavy atom. The lowest BCUT2D eigenvalue weighted by molar-refractivity contribution is -0.118. The van der Waals surface area contributed by atoms with Crippen LogP contribution in [0.1, 0.15) is 34.3 Å². The minimum atomic E-state index is -0.319. The van der Waals surface area contributed by atoms with Crippen molar-refractivity contribution in [2.24, 2.45) is 0 Å². The fourth-order valence-electron chi connectivity index (χ4n) is 4.76. The van der Waals surface area contributed by atoms with E-state index in [1.807, 2.05) is 18.2 Å². The molecule has 0 aliphatic carbocycles. The molecule has 7 nitrogen and oxygen atoms in total. The first-order chi connectivity index (χ1) is 18.0. The normalized spacial score (nSPS) is 16.7. The fraction of sp³-hybridized carbons (Fsp3) is 0.310. The summed E-state index contributed by atoms with van der Waals surface area (Å²) in [5.41, 5.74) is 4.50. The molecule has 0 spiro atoms. The second kappa shape index (κ2) is 11.7. The van der Waals surface area contributed by atoms with Crippen LogP contribution in [0.15, 0.2) is 66.7 Å². The van der Waals surface area contributed by atoms with E-state index < -0.39 is 0 Å². The predicted octanol–water partition coefficient (Wildman–Crippen LogP) is 4.83. The molecule has 3 aromatic carbocycles. The summed E-state index contributed by atoms with van der Waals surface area (Å²) in [4.78, 5) is 28.1. The molecule has 8 heteroatoms. The Kier molecular flexibility index (Phi) is 7.92. The molecule has 0 bridgehead atoms. The number of hydrogen-bond donors (Lipinski definition) is 2. The van der Waals surface area contributed by atoms with Gasteiger partial charge in [-0.05, 0) is 72.9 Å². The molecule has 5 rings (SSSR count). The molecule has 2 N–H and O–H groups in total. The van der Waals surface area contributed by atoms with Gasteiger partial charge in [0.25, 0.3) is 11.8 Å². The van der Waals surface area contributed by atoms with E-state index in [1.165, 1.54) is 11.1 Å². The second-order valence-electron chi connectivity index (χ2n) is 9.31. The summed E-state index contributed by atoms with van der Waals surface area (Å²) in [5.74, 6) is 0.0488. The van der Waals surface area contributed by atoms with Gasteiger partial charge in [-0.15, -0.1) is 0 Å². The standard InChI is InChI=1S/C29H30ClN3O4/c30-22-7-10-24(11-8-22)37-19-28(34)32-23-9-12-27(33-14-13-20-4-1-2-5-21(20)18-33)26(16-23)29(35)31-17-25-6-3-15-36-25/h1-2,4-5,7-12,16,25H,3,6,13-15,17-19H2,(H,31,35)(H,32,34). The lowest BCUT2D eigenvalue weighted by Crippen LogP contribution is -2.35. The molecule has 3 aromatic rings. The van der Waals surface area contributed by atoms with Crippen LogP contribution in [0.4, 0.5) is 11.4 Å². The number of amides is 2. The van der Waals surface area contributed by atoms with Crippen LogP contribution in [0.2, 0.25) is 5.02 Å². The Labute approximate surface area is 221 Å². The van der Waals surface area contributed by atoms with Crippen molar-refractivity contribution in [2.75, 3.05) is 36.5 Å². The number of halogens is 1. The molecule has 1 saturated heterocycles. The number of benzene rings is 3.